The first kappa shape index (κ1) is 54.6. The summed E-state index contributed by atoms with van der Waals surface area (Å²) in [6, 6.07) is 0. The van der Waals surface area contributed by atoms with Crippen LogP contribution in [0.1, 0.15) is 113 Å². The highest BCUT2D eigenvalue weighted by Crippen LogP contribution is 2.42. The topological polar surface area (TPSA) is 36.9 Å². The Balaban J connectivity index is -0.000000287. The summed E-state index contributed by atoms with van der Waals surface area (Å²) in [6.45, 7) is 10.6. The lowest BCUT2D eigenvalue weighted by Crippen LogP contribution is -2.40. The minimum Gasteiger partial charge on any atom is -0.375 e. The molecule has 0 rings (SSSR count). The van der Waals surface area contributed by atoms with Crippen molar-refractivity contribution >= 4 is 0 Å². The number of ether oxygens (including phenoxy) is 4. The molecular weight excluding hydrogens is 702 g/mol. The van der Waals surface area contributed by atoms with E-state index in [1.165, 1.54) is 13.8 Å². The predicted octanol–water partition coefficient (Wildman–Crippen LogP) is 12.5. The van der Waals surface area contributed by atoms with E-state index in [2.05, 4.69) is 14.2 Å². The van der Waals surface area contributed by atoms with Crippen LogP contribution in [-0.2, 0) is 18.9 Å². The van der Waals surface area contributed by atoms with Crippen molar-refractivity contribution in [2.24, 2.45) is 11.8 Å². The van der Waals surface area contributed by atoms with Gasteiger partial charge in [0.25, 0.3) is 11.8 Å². The van der Waals surface area contributed by atoms with E-state index in [9.17, 15) is 61.5 Å². The van der Waals surface area contributed by atoms with Crippen molar-refractivity contribution < 1.29 is 80.4 Å². The summed E-state index contributed by atoms with van der Waals surface area (Å²) in [5.41, 5.74) is 0. The fraction of sp³-hybridized carbons (Fsp3) is 1.00. The van der Waals surface area contributed by atoms with Crippen LogP contribution in [0.4, 0.5) is 61.5 Å². The van der Waals surface area contributed by atoms with Crippen LogP contribution in [0.25, 0.3) is 0 Å². The molecule has 0 aliphatic carbocycles. The van der Waals surface area contributed by atoms with Gasteiger partial charge in [-0.15, -0.1) is 0 Å². The lowest BCUT2D eigenvalue weighted by molar-refractivity contribution is -0.268. The Labute approximate surface area is 281 Å². The van der Waals surface area contributed by atoms with Crippen LogP contribution in [0, 0.1) is 11.8 Å². The first-order valence-corrected chi connectivity index (χ1v) is 16.3. The van der Waals surface area contributed by atoms with Gasteiger partial charge in [0.15, 0.2) is 0 Å². The third-order valence-corrected chi connectivity index (χ3v) is 6.04. The smallest absolute Gasteiger partial charge is 0.375 e. The molecule has 0 saturated heterocycles. The van der Waals surface area contributed by atoms with E-state index in [4.69, 9.17) is 4.74 Å². The van der Waals surface area contributed by atoms with Gasteiger partial charge in [-0.25, -0.2) is 17.6 Å². The molecule has 0 N–H and O–H groups in total. The number of alkyl halides is 14. The van der Waals surface area contributed by atoms with E-state index < -0.39 is 87.3 Å². The molecule has 0 amide bonds. The van der Waals surface area contributed by atoms with E-state index in [1.807, 2.05) is 13.8 Å². The Bertz CT molecular complexity index is 725. The van der Waals surface area contributed by atoms with Gasteiger partial charge in [0.2, 0.25) is 0 Å². The van der Waals surface area contributed by atoms with Crippen LogP contribution in [0.15, 0.2) is 0 Å². The highest BCUT2D eigenvalue weighted by atomic mass is 19.4. The summed E-state index contributed by atoms with van der Waals surface area (Å²) < 4.78 is 191. The maximum Gasteiger partial charge on any atom is 0.397 e. The van der Waals surface area contributed by atoms with Gasteiger partial charge in [-0.3, -0.25) is 0 Å². The van der Waals surface area contributed by atoms with Crippen molar-refractivity contribution in [1.29, 1.82) is 0 Å². The van der Waals surface area contributed by atoms with E-state index in [0.717, 1.165) is 26.7 Å². The van der Waals surface area contributed by atoms with Crippen molar-refractivity contribution in [3.05, 3.63) is 0 Å². The standard InChI is InChI=1S/C10H15F7O.C8H16F2O.C7H14F2O2.C6H11F3/c1-3-8(11,12)7(10(15,16)17)5-6-18-9(13,14)4-2;1-3-5-8(9,10)7-11-6-4-2;1-3-5-10-6-7(8,9)11-4-2;1-3-4-5(2)6(7,8)9/h7H,3-6H2,1-2H3;3-7H2,1-2H3;3-6H2,1-2H3;5H,3-4H2,1-2H3. The summed E-state index contributed by atoms with van der Waals surface area (Å²) >= 11 is 0. The van der Waals surface area contributed by atoms with Crippen LogP contribution < -0.4 is 0 Å². The van der Waals surface area contributed by atoms with Crippen LogP contribution >= 0.6 is 0 Å². The van der Waals surface area contributed by atoms with E-state index >= 15 is 0 Å². The van der Waals surface area contributed by atoms with Crippen LogP contribution in [0.5, 0.6) is 0 Å². The molecule has 0 aliphatic heterocycles. The van der Waals surface area contributed by atoms with Crippen molar-refractivity contribution in [3.63, 3.8) is 0 Å². The Morgan fingerprint density at radius 1 is 0.490 bits per heavy atom. The van der Waals surface area contributed by atoms with Gasteiger partial charge in [-0.2, -0.15) is 43.9 Å². The zero-order valence-electron chi connectivity index (χ0n) is 29.7. The highest BCUT2D eigenvalue weighted by Gasteiger charge is 2.54. The quantitative estimate of drug-likeness (QED) is 0.0863. The molecule has 0 saturated carbocycles. The van der Waals surface area contributed by atoms with Gasteiger partial charge in [0.05, 0.1) is 19.1 Å². The van der Waals surface area contributed by atoms with Crippen molar-refractivity contribution in [2.75, 3.05) is 39.6 Å². The average Bonchev–Trinajstić information content (AvgIpc) is 2.95. The summed E-state index contributed by atoms with van der Waals surface area (Å²) in [5.74, 6) is -10.7. The molecule has 0 spiro atoms. The fourth-order valence-corrected chi connectivity index (χ4v) is 3.28. The SMILES string of the molecule is CCC(F)(F)OCCC(C(F)(F)F)C(F)(F)CC.CCCC(C)C(F)(F)F.CCCOCC(F)(F)CCC.CCCOCC(F)(F)OCC. The summed E-state index contributed by atoms with van der Waals surface area (Å²) in [5, 5.41) is 0. The molecule has 49 heavy (non-hydrogen) atoms. The van der Waals surface area contributed by atoms with E-state index in [0.29, 0.717) is 26.1 Å². The maximum atomic E-state index is 13.1. The van der Waals surface area contributed by atoms with E-state index in [1.54, 1.807) is 13.8 Å². The summed E-state index contributed by atoms with van der Waals surface area (Å²) in [4.78, 5) is 0. The molecule has 0 aromatic rings. The molecule has 0 radical (unpaired) electrons. The number of rotatable bonds is 21. The van der Waals surface area contributed by atoms with Gasteiger partial charge < -0.3 is 18.9 Å². The summed E-state index contributed by atoms with van der Waals surface area (Å²) in [6.07, 6.45) is -16.0. The third-order valence-electron chi connectivity index (χ3n) is 6.04. The minimum absolute atomic E-state index is 0.00247. The van der Waals surface area contributed by atoms with Crippen molar-refractivity contribution in [3.8, 4) is 0 Å². The molecule has 0 aromatic carbocycles. The van der Waals surface area contributed by atoms with Crippen LogP contribution in [-0.4, -0.2) is 76.1 Å². The average molecular weight is 759 g/mol. The Hall–Kier alpha value is -1.14. The minimum atomic E-state index is -5.15. The largest absolute Gasteiger partial charge is 0.397 e. The molecular formula is C31H56F14O4. The van der Waals surface area contributed by atoms with Gasteiger partial charge >= 0.3 is 24.6 Å². The lowest BCUT2D eigenvalue weighted by atomic mass is 9.95. The maximum absolute atomic E-state index is 13.1. The molecule has 0 aromatic heterocycles. The van der Waals surface area contributed by atoms with E-state index in [-0.39, 0.29) is 19.4 Å². The van der Waals surface area contributed by atoms with Crippen LogP contribution in [0.3, 0.4) is 0 Å². The zero-order valence-corrected chi connectivity index (χ0v) is 29.7. The molecule has 18 heteroatoms. The van der Waals surface area contributed by atoms with Gasteiger partial charge in [0, 0.05) is 32.5 Å². The van der Waals surface area contributed by atoms with Crippen LogP contribution in [0.2, 0.25) is 0 Å². The third kappa shape index (κ3) is 33.7. The Kier molecular flexibility index (Phi) is 30.7. The number of halogens is 14. The Morgan fingerprint density at radius 3 is 1.31 bits per heavy atom. The first-order valence-electron chi connectivity index (χ1n) is 16.3. The normalized spacial score (nSPS) is 14.1. The Morgan fingerprint density at radius 2 is 0.980 bits per heavy atom. The molecule has 302 valence electrons. The highest BCUT2D eigenvalue weighted by molar-refractivity contribution is 4.81. The summed E-state index contributed by atoms with van der Waals surface area (Å²) in [7, 11) is 0. The first-order chi connectivity index (χ1) is 22.2. The molecule has 0 aliphatic rings. The monoisotopic (exact) mass is 758 g/mol. The number of hydrogen-bond acceptors (Lipinski definition) is 4. The molecule has 0 fully saturated rings. The van der Waals surface area contributed by atoms with Crippen molar-refractivity contribution in [2.45, 2.75) is 150 Å². The second kappa shape index (κ2) is 27.5. The lowest BCUT2D eigenvalue weighted by Gasteiger charge is -2.28. The second-order valence-electron chi connectivity index (χ2n) is 10.8. The molecule has 2 unspecified atom stereocenters. The fourth-order valence-electron chi connectivity index (χ4n) is 3.28. The predicted molar refractivity (Wildman–Crippen MR) is 159 cm³/mol. The van der Waals surface area contributed by atoms with Crippen molar-refractivity contribution in [1.82, 2.24) is 0 Å². The zero-order chi connectivity index (χ0) is 39.6. The molecule has 2 atom stereocenters. The van der Waals surface area contributed by atoms with Gasteiger partial charge in [-0.1, -0.05) is 61.3 Å². The number of hydrogen-bond donors (Lipinski definition) is 0. The molecule has 0 bridgehead atoms. The van der Waals surface area contributed by atoms with Gasteiger partial charge in [-0.05, 0) is 32.6 Å². The molecule has 0 heterocycles. The molecule has 4 nitrogen and oxygen atoms in total. The van der Waals surface area contributed by atoms with Gasteiger partial charge in [0.1, 0.15) is 19.1 Å². The second-order valence-corrected chi connectivity index (χ2v) is 10.8.